The standard InChI is InChI=1S/C13H25N3O8/c14-11(17)23-6-2-5-21-8-10-22-9-7-20-4-1-3-16-13(19)24-12(15)18/h1-10H2,(H2,14,17)(H2,15,18)(H,16,19). The number of hydrogen-bond donors (Lipinski definition) is 3. The second kappa shape index (κ2) is 15.8. The van der Waals surface area contributed by atoms with E-state index in [4.69, 9.17) is 19.9 Å². The number of nitrogens with two attached hydrogens (primary N) is 2. The first-order valence-corrected chi connectivity index (χ1v) is 7.43. The fraction of sp³-hybridized carbons (Fsp3) is 0.769. The summed E-state index contributed by atoms with van der Waals surface area (Å²) in [5.74, 6) is 0. The number of carbonyl (C=O) groups excluding carboxylic acids is 3. The van der Waals surface area contributed by atoms with Crippen molar-refractivity contribution in [2.45, 2.75) is 12.8 Å². The molecule has 0 atom stereocenters. The van der Waals surface area contributed by atoms with E-state index < -0.39 is 18.3 Å². The Balaban J connectivity index is 3.11. The molecule has 0 saturated heterocycles. The predicted molar refractivity (Wildman–Crippen MR) is 81.3 cm³/mol. The molecule has 0 aliphatic carbocycles. The maximum Gasteiger partial charge on any atom is 0.416 e. The maximum atomic E-state index is 10.9. The summed E-state index contributed by atoms with van der Waals surface area (Å²) in [6.07, 6.45) is -1.69. The smallest absolute Gasteiger partial charge is 0.416 e. The van der Waals surface area contributed by atoms with Crippen LogP contribution in [0.3, 0.4) is 0 Å². The van der Waals surface area contributed by atoms with E-state index >= 15 is 0 Å². The van der Waals surface area contributed by atoms with Gasteiger partial charge in [-0.1, -0.05) is 0 Å². The molecule has 0 fully saturated rings. The van der Waals surface area contributed by atoms with Crippen LogP contribution in [0, 0.1) is 0 Å². The summed E-state index contributed by atoms with van der Waals surface area (Å²) in [7, 11) is 0. The van der Waals surface area contributed by atoms with Crippen molar-refractivity contribution in [1.29, 1.82) is 0 Å². The van der Waals surface area contributed by atoms with Crippen molar-refractivity contribution in [1.82, 2.24) is 5.32 Å². The molecule has 0 radical (unpaired) electrons. The molecule has 0 aromatic rings. The van der Waals surface area contributed by atoms with Crippen molar-refractivity contribution in [2.75, 3.05) is 52.8 Å². The summed E-state index contributed by atoms with van der Waals surface area (Å²) in [5, 5.41) is 2.34. The number of rotatable bonds is 14. The number of hydrogen-bond acceptors (Lipinski definition) is 8. The van der Waals surface area contributed by atoms with E-state index in [0.717, 1.165) is 0 Å². The van der Waals surface area contributed by atoms with Gasteiger partial charge >= 0.3 is 18.3 Å². The molecule has 5 N–H and O–H groups in total. The van der Waals surface area contributed by atoms with E-state index in [9.17, 15) is 14.4 Å². The summed E-state index contributed by atoms with van der Waals surface area (Å²) < 4.78 is 24.4. The second-order valence-corrected chi connectivity index (χ2v) is 4.35. The average molecular weight is 351 g/mol. The topological polar surface area (TPSA) is 161 Å². The fourth-order valence-electron chi connectivity index (χ4n) is 1.37. The van der Waals surface area contributed by atoms with Crippen molar-refractivity contribution >= 4 is 18.3 Å². The van der Waals surface area contributed by atoms with Crippen molar-refractivity contribution in [3.05, 3.63) is 0 Å². The Labute approximate surface area is 139 Å². The van der Waals surface area contributed by atoms with Gasteiger partial charge < -0.3 is 40.5 Å². The minimum absolute atomic E-state index is 0.235. The van der Waals surface area contributed by atoms with Crippen LogP contribution in [0.4, 0.5) is 14.4 Å². The molecule has 0 unspecified atom stereocenters. The van der Waals surface area contributed by atoms with Gasteiger partial charge in [0.05, 0.1) is 33.0 Å². The zero-order valence-corrected chi connectivity index (χ0v) is 13.5. The summed E-state index contributed by atoms with van der Waals surface area (Å²) in [6.45, 7) is 3.13. The Morgan fingerprint density at radius 1 is 0.708 bits per heavy atom. The largest absolute Gasteiger partial charge is 0.450 e. The third-order valence-electron chi connectivity index (χ3n) is 2.35. The minimum atomic E-state index is -1.15. The summed E-state index contributed by atoms with van der Waals surface area (Å²) in [6, 6.07) is 0. The van der Waals surface area contributed by atoms with Crippen LogP contribution in [0.15, 0.2) is 0 Å². The lowest BCUT2D eigenvalue weighted by Gasteiger charge is -2.07. The number of carbonyl (C=O) groups is 3. The third kappa shape index (κ3) is 17.9. The van der Waals surface area contributed by atoms with Crippen molar-refractivity contribution in [2.24, 2.45) is 11.5 Å². The molecular weight excluding hydrogens is 326 g/mol. The first kappa shape index (κ1) is 21.9. The molecule has 0 spiro atoms. The first-order chi connectivity index (χ1) is 11.5. The van der Waals surface area contributed by atoms with Crippen molar-refractivity contribution in [3.63, 3.8) is 0 Å². The van der Waals surface area contributed by atoms with Crippen LogP contribution in [0.2, 0.25) is 0 Å². The Morgan fingerprint density at radius 2 is 1.25 bits per heavy atom. The van der Waals surface area contributed by atoms with Gasteiger partial charge in [0.15, 0.2) is 0 Å². The Morgan fingerprint density at radius 3 is 1.79 bits per heavy atom. The predicted octanol–water partition coefficient (Wildman–Crippen LogP) is -0.283. The molecule has 11 nitrogen and oxygen atoms in total. The average Bonchev–Trinajstić information content (AvgIpc) is 2.50. The lowest BCUT2D eigenvalue weighted by Crippen LogP contribution is -2.30. The number of ether oxygens (including phenoxy) is 5. The van der Waals surface area contributed by atoms with E-state index in [1.807, 2.05) is 0 Å². The molecule has 11 heteroatoms. The van der Waals surface area contributed by atoms with Gasteiger partial charge in [-0.15, -0.1) is 0 Å². The van der Waals surface area contributed by atoms with Crippen LogP contribution in [0.25, 0.3) is 0 Å². The summed E-state index contributed by atoms with van der Waals surface area (Å²) in [5.41, 5.74) is 9.46. The molecule has 0 saturated carbocycles. The highest BCUT2D eigenvalue weighted by Gasteiger charge is 2.04. The van der Waals surface area contributed by atoms with Gasteiger partial charge in [0, 0.05) is 26.2 Å². The van der Waals surface area contributed by atoms with Crippen molar-refractivity contribution < 1.29 is 38.1 Å². The molecule has 0 aliphatic rings. The van der Waals surface area contributed by atoms with E-state index in [1.54, 1.807) is 0 Å². The molecular formula is C13H25N3O8. The van der Waals surface area contributed by atoms with Gasteiger partial charge in [0.25, 0.3) is 0 Å². The van der Waals surface area contributed by atoms with Gasteiger partial charge in [-0.25, -0.2) is 14.4 Å². The molecule has 0 heterocycles. The van der Waals surface area contributed by atoms with E-state index in [2.05, 4.69) is 20.5 Å². The minimum Gasteiger partial charge on any atom is -0.450 e. The van der Waals surface area contributed by atoms with Gasteiger partial charge in [-0.3, -0.25) is 0 Å². The number of nitrogens with one attached hydrogen (secondary N) is 1. The first-order valence-electron chi connectivity index (χ1n) is 7.43. The number of amides is 3. The number of alkyl carbamates (subject to hydrolysis) is 1. The molecule has 0 aliphatic heterocycles. The van der Waals surface area contributed by atoms with E-state index in [0.29, 0.717) is 59.0 Å². The van der Waals surface area contributed by atoms with E-state index in [-0.39, 0.29) is 6.61 Å². The van der Waals surface area contributed by atoms with Gasteiger partial charge in [0.2, 0.25) is 0 Å². The lowest BCUT2D eigenvalue weighted by atomic mass is 10.4. The zero-order chi connectivity index (χ0) is 18.0. The van der Waals surface area contributed by atoms with Crippen LogP contribution >= 0.6 is 0 Å². The second-order valence-electron chi connectivity index (χ2n) is 4.35. The Kier molecular flexibility index (Phi) is 14.4. The van der Waals surface area contributed by atoms with Crippen LogP contribution in [-0.4, -0.2) is 71.1 Å². The molecule has 0 rings (SSSR count). The molecule has 0 bridgehead atoms. The Bertz CT molecular complexity index is 367. The van der Waals surface area contributed by atoms with Crippen LogP contribution in [0.1, 0.15) is 12.8 Å². The van der Waals surface area contributed by atoms with Crippen LogP contribution in [-0.2, 0) is 23.7 Å². The zero-order valence-electron chi connectivity index (χ0n) is 13.5. The van der Waals surface area contributed by atoms with E-state index in [1.165, 1.54) is 0 Å². The van der Waals surface area contributed by atoms with Gasteiger partial charge in [-0.05, 0) is 6.42 Å². The Hall–Kier alpha value is -2.11. The normalized spacial score (nSPS) is 10.2. The molecule has 0 aromatic carbocycles. The fourth-order valence-corrected chi connectivity index (χ4v) is 1.37. The highest BCUT2D eigenvalue weighted by atomic mass is 16.6. The van der Waals surface area contributed by atoms with Gasteiger partial charge in [-0.2, -0.15) is 0 Å². The highest BCUT2D eigenvalue weighted by Crippen LogP contribution is 1.87. The molecule has 3 amide bonds. The third-order valence-corrected chi connectivity index (χ3v) is 2.35. The van der Waals surface area contributed by atoms with Crippen LogP contribution in [0.5, 0.6) is 0 Å². The summed E-state index contributed by atoms with van der Waals surface area (Å²) >= 11 is 0. The van der Waals surface area contributed by atoms with Crippen LogP contribution < -0.4 is 16.8 Å². The van der Waals surface area contributed by atoms with Crippen molar-refractivity contribution in [3.8, 4) is 0 Å². The highest BCUT2D eigenvalue weighted by molar-refractivity contribution is 5.82. The molecule has 24 heavy (non-hydrogen) atoms. The quantitative estimate of drug-likeness (QED) is 0.284. The van der Waals surface area contributed by atoms with Gasteiger partial charge in [0.1, 0.15) is 0 Å². The molecule has 0 aromatic heterocycles. The monoisotopic (exact) mass is 351 g/mol. The number of primary amides is 2. The maximum absolute atomic E-state index is 10.9. The molecule has 140 valence electrons. The summed E-state index contributed by atoms with van der Waals surface area (Å²) in [4.78, 5) is 31.4. The lowest BCUT2D eigenvalue weighted by molar-refractivity contribution is 0.0117. The SMILES string of the molecule is NC(=O)OCCCOCCOCCOCCCNC(=O)OC(N)=O.